The summed E-state index contributed by atoms with van der Waals surface area (Å²) in [7, 11) is -3.64. The molecule has 0 radical (unpaired) electrons. The topological polar surface area (TPSA) is 78.0 Å². The number of hydrogen-bond acceptors (Lipinski definition) is 7. The fourth-order valence-electron chi connectivity index (χ4n) is 3.61. The van der Waals surface area contributed by atoms with Crippen LogP contribution in [-0.4, -0.2) is 50.1 Å². The average molecular weight is 451 g/mol. The first-order chi connectivity index (χ1) is 14.5. The van der Waals surface area contributed by atoms with Gasteiger partial charge in [-0.15, -0.1) is 0 Å². The van der Waals surface area contributed by atoms with Gasteiger partial charge in [0.15, 0.2) is 11.5 Å². The Morgan fingerprint density at radius 2 is 1.87 bits per heavy atom. The number of ether oxygens (including phenoxy) is 3. The van der Waals surface area contributed by atoms with Crippen LogP contribution >= 0.6 is 11.3 Å². The molecule has 158 valence electrons. The van der Waals surface area contributed by atoms with Crippen molar-refractivity contribution >= 4 is 31.6 Å². The van der Waals surface area contributed by atoms with Gasteiger partial charge in [-0.3, -0.25) is 0 Å². The van der Waals surface area contributed by atoms with Gasteiger partial charge in [0.25, 0.3) is 5.19 Å². The highest BCUT2D eigenvalue weighted by molar-refractivity contribution is 7.89. The molecule has 0 amide bonds. The Bertz CT molecular complexity index is 1190. The number of para-hydroxylation sites is 1. The number of benzene rings is 2. The maximum atomic E-state index is 13.8. The molecule has 5 rings (SSSR count). The number of fused-ring (bicyclic) bond motifs is 2. The zero-order valence-electron chi connectivity index (χ0n) is 15.9. The van der Waals surface area contributed by atoms with Crippen molar-refractivity contribution in [3.8, 4) is 16.7 Å². The summed E-state index contributed by atoms with van der Waals surface area (Å²) in [4.78, 5) is 4.41. The number of nitrogens with zero attached hydrogens (tertiary/aromatic N) is 2. The summed E-state index contributed by atoms with van der Waals surface area (Å²) in [6.45, 7) is 1.52. The molecule has 10 heteroatoms. The fourth-order valence-corrected chi connectivity index (χ4v) is 5.99. The normalized spacial score (nSPS) is 17.9. The molecule has 3 aromatic rings. The van der Waals surface area contributed by atoms with Gasteiger partial charge in [0.2, 0.25) is 10.0 Å². The molecular formula is C20H19FN2O5S2. The summed E-state index contributed by atoms with van der Waals surface area (Å²) in [5.41, 5.74) is 0.302. The minimum atomic E-state index is -3.64. The quantitative estimate of drug-likeness (QED) is 0.606. The van der Waals surface area contributed by atoms with Crippen molar-refractivity contribution in [2.75, 3.05) is 26.3 Å². The second-order valence-electron chi connectivity index (χ2n) is 7.09. The molecule has 0 spiro atoms. The van der Waals surface area contributed by atoms with E-state index in [0.29, 0.717) is 61.4 Å². The smallest absolute Gasteiger partial charge is 0.274 e. The Labute approximate surface area is 177 Å². The molecule has 0 saturated carbocycles. The fraction of sp³-hybridized carbons (Fsp3) is 0.350. The van der Waals surface area contributed by atoms with Crippen LogP contribution in [-0.2, 0) is 10.0 Å². The Hall–Kier alpha value is -2.43. The summed E-state index contributed by atoms with van der Waals surface area (Å²) in [5.74, 6) is 0.627. The van der Waals surface area contributed by atoms with Gasteiger partial charge < -0.3 is 14.2 Å². The van der Waals surface area contributed by atoms with Gasteiger partial charge in [-0.05, 0) is 37.1 Å². The van der Waals surface area contributed by atoms with Gasteiger partial charge >= 0.3 is 0 Å². The number of sulfonamides is 1. The first kappa shape index (κ1) is 19.5. The molecule has 1 fully saturated rings. The highest BCUT2D eigenvalue weighted by Crippen LogP contribution is 2.34. The molecule has 2 aliphatic heterocycles. The predicted molar refractivity (Wildman–Crippen MR) is 109 cm³/mol. The zero-order chi connectivity index (χ0) is 20.7. The van der Waals surface area contributed by atoms with E-state index in [-0.39, 0.29) is 16.8 Å². The van der Waals surface area contributed by atoms with Gasteiger partial charge in [0, 0.05) is 19.2 Å². The standard InChI is InChI=1S/C20H19FN2O5S2/c21-15-2-1-3-18-19(15)22-20(29-18)28-13-6-8-23(9-7-13)30(24,25)14-4-5-16-17(12-14)27-11-10-26-16/h1-5,12-13H,6-11H2. The number of piperidine rings is 1. The Morgan fingerprint density at radius 1 is 1.10 bits per heavy atom. The lowest BCUT2D eigenvalue weighted by molar-refractivity contribution is 0.135. The van der Waals surface area contributed by atoms with Crippen LogP contribution in [0.3, 0.4) is 0 Å². The van der Waals surface area contributed by atoms with Gasteiger partial charge in [-0.1, -0.05) is 17.4 Å². The van der Waals surface area contributed by atoms with Crippen LogP contribution in [0.1, 0.15) is 12.8 Å². The third-order valence-electron chi connectivity index (χ3n) is 5.17. The monoisotopic (exact) mass is 450 g/mol. The van der Waals surface area contributed by atoms with Crippen LogP contribution in [0.25, 0.3) is 10.2 Å². The minimum Gasteiger partial charge on any atom is -0.486 e. The molecule has 0 aliphatic carbocycles. The molecule has 0 bridgehead atoms. The lowest BCUT2D eigenvalue weighted by Gasteiger charge is -2.31. The van der Waals surface area contributed by atoms with Crippen LogP contribution in [0.4, 0.5) is 4.39 Å². The van der Waals surface area contributed by atoms with E-state index >= 15 is 0 Å². The molecule has 30 heavy (non-hydrogen) atoms. The van der Waals surface area contributed by atoms with E-state index < -0.39 is 10.0 Å². The summed E-state index contributed by atoms with van der Waals surface area (Å²) in [5, 5.41) is 0.406. The highest BCUT2D eigenvalue weighted by Gasteiger charge is 2.31. The lowest BCUT2D eigenvalue weighted by Crippen LogP contribution is -2.41. The van der Waals surface area contributed by atoms with Crippen molar-refractivity contribution in [2.45, 2.75) is 23.8 Å². The van der Waals surface area contributed by atoms with E-state index in [4.69, 9.17) is 14.2 Å². The van der Waals surface area contributed by atoms with Gasteiger partial charge in [-0.2, -0.15) is 9.29 Å². The maximum Gasteiger partial charge on any atom is 0.274 e. The van der Waals surface area contributed by atoms with E-state index in [1.165, 1.54) is 27.8 Å². The number of rotatable bonds is 4. The molecule has 1 saturated heterocycles. The summed E-state index contributed by atoms with van der Waals surface area (Å²) < 4.78 is 58.9. The van der Waals surface area contributed by atoms with E-state index in [0.717, 1.165) is 4.70 Å². The van der Waals surface area contributed by atoms with Crippen molar-refractivity contribution in [1.29, 1.82) is 0 Å². The van der Waals surface area contributed by atoms with E-state index in [1.54, 1.807) is 24.3 Å². The molecule has 7 nitrogen and oxygen atoms in total. The van der Waals surface area contributed by atoms with E-state index in [2.05, 4.69) is 4.98 Å². The summed E-state index contributed by atoms with van der Waals surface area (Å²) in [6, 6.07) is 9.49. The third kappa shape index (κ3) is 3.59. The van der Waals surface area contributed by atoms with Crippen molar-refractivity contribution in [3.63, 3.8) is 0 Å². The van der Waals surface area contributed by atoms with Crippen LogP contribution in [0.15, 0.2) is 41.3 Å². The van der Waals surface area contributed by atoms with E-state index in [9.17, 15) is 12.8 Å². The number of hydrogen-bond donors (Lipinski definition) is 0. The zero-order valence-corrected chi connectivity index (χ0v) is 17.5. The minimum absolute atomic E-state index is 0.166. The predicted octanol–water partition coefficient (Wildman–Crippen LogP) is 3.44. The van der Waals surface area contributed by atoms with Crippen molar-refractivity contribution in [2.24, 2.45) is 0 Å². The molecule has 2 aromatic carbocycles. The van der Waals surface area contributed by atoms with Crippen LogP contribution in [0.5, 0.6) is 16.7 Å². The maximum absolute atomic E-state index is 13.8. The molecular weight excluding hydrogens is 431 g/mol. The summed E-state index contributed by atoms with van der Waals surface area (Å²) >= 11 is 1.29. The molecule has 1 aromatic heterocycles. The second kappa shape index (κ2) is 7.68. The number of aromatic nitrogens is 1. The Kier molecular flexibility index (Phi) is 5.00. The van der Waals surface area contributed by atoms with Crippen molar-refractivity contribution < 1.29 is 27.0 Å². The first-order valence-corrected chi connectivity index (χ1v) is 11.9. The largest absolute Gasteiger partial charge is 0.486 e. The summed E-state index contributed by atoms with van der Waals surface area (Å²) in [6.07, 6.45) is 0.894. The van der Waals surface area contributed by atoms with Crippen LogP contribution < -0.4 is 14.2 Å². The van der Waals surface area contributed by atoms with Crippen LogP contribution in [0, 0.1) is 5.82 Å². The number of halogens is 1. The van der Waals surface area contributed by atoms with Crippen molar-refractivity contribution in [1.82, 2.24) is 9.29 Å². The SMILES string of the molecule is O=S(=O)(c1ccc2c(c1)OCCO2)N1CCC(Oc2nc3c(F)cccc3s2)CC1. The molecule has 3 heterocycles. The molecule has 0 unspecified atom stereocenters. The van der Waals surface area contributed by atoms with Gasteiger partial charge in [-0.25, -0.2) is 12.8 Å². The number of thiazole rings is 1. The highest BCUT2D eigenvalue weighted by atomic mass is 32.2. The second-order valence-corrected chi connectivity index (χ2v) is 10.0. The Balaban J connectivity index is 1.26. The van der Waals surface area contributed by atoms with Crippen LogP contribution in [0.2, 0.25) is 0 Å². The van der Waals surface area contributed by atoms with Gasteiger partial charge in [0.05, 0.1) is 9.60 Å². The molecule has 0 atom stereocenters. The first-order valence-electron chi connectivity index (χ1n) is 9.62. The van der Waals surface area contributed by atoms with E-state index in [1.807, 2.05) is 0 Å². The molecule has 0 N–H and O–H groups in total. The molecule has 2 aliphatic rings. The van der Waals surface area contributed by atoms with Crippen molar-refractivity contribution in [3.05, 3.63) is 42.2 Å². The third-order valence-corrected chi connectivity index (χ3v) is 7.98. The lowest BCUT2D eigenvalue weighted by atomic mass is 10.1. The average Bonchev–Trinajstić information content (AvgIpc) is 3.18. The van der Waals surface area contributed by atoms with Gasteiger partial charge in [0.1, 0.15) is 30.7 Å². The Morgan fingerprint density at radius 3 is 2.63 bits per heavy atom.